The molecule has 0 aliphatic heterocycles. The monoisotopic (exact) mass is 353 g/mol. The molecule has 0 radical (unpaired) electrons. The third-order valence-electron chi connectivity index (χ3n) is 3.43. The molecular weight excluding hydrogens is 336 g/mol. The van der Waals surface area contributed by atoms with Crippen molar-refractivity contribution in [2.75, 3.05) is 6.54 Å². The van der Waals surface area contributed by atoms with Crippen molar-refractivity contribution in [1.82, 2.24) is 5.32 Å². The van der Waals surface area contributed by atoms with E-state index in [1.165, 1.54) is 18.2 Å². The summed E-state index contributed by atoms with van der Waals surface area (Å²) in [6, 6.07) is 9.23. The Bertz CT molecular complexity index is 608. The van der Waals surface area contributed by atoms with E-state index in [4.69, 9.17) is 0 Å². The normalized spacial score (nSPS) is 12.4. The molecule has 21 heavy (non-hydrogen) atoms. The summed E-state index contributed by atoms with van der Waals surface area (Å²) in [5, 5.41) is 3.35. The van der Waals surface area contributed by atoms with E-state index >= 15 is 0 Å². The molecule has 1 N–H and O–H groups in total. The maximum absolute atomic E-state index is 14.3. The third-order valence-corrected chi connectivity index (χ3v) is 4.12. The van der Waals surface area contributed by atoms with E-state index in [-0.39, 0.29) is 17.7 Å². The first-order valence-corrected chi connectivity index (χ1v) is 7.77. The van der Waals surface area contributed by atoms with Gasteiger partial charge in [-0.1, -0.05) is 35.0 Å². The van der Waals surface area contributed by atoms with Crippen LogP contribution in [0, 0.1) is 18.6 Å². The molecule has 0 spiro atoms. The number of halogens is 3. The van der Waals surface area contributed by atoms with E-state index in [0.717, 1.165) is 24.1 Å². The van der Waals surface area contributed by atoms with Gasteiger partial charge in [0.15, 0.2) is 0 Å². The molecule has 0 saturated heterocycles. The van der Waals surface area contributed by atoms with Crippen LogP contribution in [0.2, 0.25) is 0 Å². The Balaban J connectivity index is 2.52. The number of rotatable bonds is 5. The van der Waals surface area contributed by atoms with Crippen LogP contribution < -0.4 is 5.32 Å². The van der Waals surface area contributed by atoms with Crippen LogP contribution >= 0.6 is 15.9 Å². The topological polar surface area (TPSA) is 12.0 Å². The van der Waals surface area contributed by atoms with E-state index in [9.17, 15) is 8.78 Å². The van der Waals surface area contributed by atoms with Crippen LogP contribution in [0.1, 0.15) is 36.1 Å². The standard InChI is InChI=1S/C17H18BrF2N/c1-3-9-21-17(13-8-7-12(19)10-11(13)2)16-14(18)5-4-6-15(16)20/h4-8,10,17,21H,3,9H2,1-2H3. The summed E-state index contributed by atoms with van der Waals surface area (Å²) in [6.07, 6.45) is 0.933. The van der Waals surface area contributed by atoms with Crippen molar-refractivity contribution < 1.29 is 8.78 Å². The molecule has 0 heterocycles. The SMILES string of the molecule is CCCNC(c1ccc(F)cc1C)c1c(F)cccc1Br. The van der Waals surface area contributed by atoms with E-state index in [1.54, 1.807) is 12.1 Å². The lowest BCUT2D eigenvalue weighted by Gasteiger charge is -2.23. The second-order valence-electron chi connectivity index (χ2n) is 5.02. The number of nitrogens with one attached hydrogen (secondary N) is 1. The molecule has 0 aliphatic carbocycles. The minimum absolute atomic E-state index is 0.276. The van der Waals surface area contributed by atoms with Crippen LogP contribution in [0.15, 0.2) is 40.9 Å². The molecule has 0 aliphatic rings. The summed E-state index contributed by atoms with van der Waals surface area (Å²) in [6.45, 7) is 4.65. The van der Waals surface area contributed by atoms with Crippen molar-refractivity contribution in [3.05, 3.63) is 69.2 Å². The van der Waals surface area contributed by atoms with Gasteiger partial charge in [-0.2, -0.15) is 0 Å². The lowest BCUT2D eigenvalue weighted by molar-refractivity contribution is 0.541. The van der Waals surface area contributed by atoms with E-state index < -0.39 is 0 Å². The maximum atomic E-state index is 14.3. The Morgan fingerprint density at radius 2 is 1.95 bits per heavy atom. The van der Waals surface area contributed by atoms with Crippen LogP contribution in [0.25, 0.3) is 0 Å². The van der Waals surface area contributed by atoms with Crippen LogP contribution in [-0.2, 0) is 0 Å². The Hall–Kier alpha value is -1.26. The zero-order valence-electron chi connectivity index (χ0n) is 12.1. The van der Waals surface area contributed by atoms with Gasteiger partial charge in [0.2, 0.25) is 0 Å². The van der Waals surface area contributed by atoms with Crippen molar-refractivity contribution in [3.8, 4) is 0 Å². The van der Waals surface area contributed by atoms with Gasteiger partial charge in [-0.05, 0) is 55.3 Å². The highest BCUT2D eigenvalue weighted by molar-refractivity contribution is 9.10. The van der Waals surface area contributed by atoms with Crippen LogP contribution in [0.3, 0.4) is 0 Å². The van der Waals surface area contributed by atoms with Gasteiger partial charge >= 0.3 is 0 Å². The predicted octanol–water partition coefficient (Wildman–Crippen LogP) is 5.12. The number of hydrogen-bond donors (Lipinski definition) is 1. The highest BCUT2D eigenvalue weighted by Crippen LogP contribution is 2.32. The summed E-state index contributed by atoms with van der Waals surface area (Å²) >= 11 is 3.42. The second-order valence-corrected chi connectivity index (χ2v) is 5.88. The Labute approximate surface area is 132 Å². The average molecular weight is 354 g/mol. The minimum atomic E-state index is -0.305. The molecule has 2 rings (SSSR count). The third kappa shape index (κ3) is 3.69. The van der Waals surface area contributed by atoms with Gasteiger partial charge in [0.05, 0.1) is 6.04 Å². The molecule has 0 fully saturated rings. The molecule has 2 aromatic carbocycles. The Morgan fingerprint density at radius 1 is 1.19 bits per heavy atom. The fraction of sp³-hybridized carbons (Fsp3) is 0.294. The first-order chi connectivity index (χ1) is 10.0. The summed E-state index contributed by atoms with van der Waals surface area (Å²) in [5.74, 6) is -0.556. The molecule has 4 heteroatoms. The molecule has 0 amide bonds. The average Bonchev–Trinajstić information content (AvgIpc) is 2.43. The number of hydrogen-bond acceptors (Lipinski definition) is 1. The fourth-order valence-corrected chi connectivity index (χ4v) is 2.98. The van der Waals surface area contributed by atoms with Gasteiger partial charge < -0.3 is 5.32 Å². The molecule has 0 aromatic heterocycles. The zero-order chi connectivity index (χ0) is 15.4. The van der Waals surface area contributed by atoms with Crippen molar-refractivity contribution in [2.24, 2.45) is 0 Å². The minimum Gasteiger partial charge on any atom is -0.306 e. The van der Waals surface area contributed by atoms with Gasteiger partial charge in [-0.15, -0.1) is 0 Å². The molecule has 1 nitrogen and oxygen atoms in total. The Kier molecular flexibility index (Phi) is 5.48. The first-order valence-electron chi connectivity index (χ1n) is 6.98. The summed E-state index contributed by atoms with van der Waals surface area (Å²) < 4.78 is 28.3. The quantitative estimate of drug-likeness (QED) is 0.785. The predicted molar refractivity (Wildman–Crippen MR) is 85.4 cm³/mol. The van der Waals surface area contributed by atoms with Gasteiger partial charge in [-0.25, -0.2) is 8.78 Å². The fourth-order valence-electron chi connectivity index (χ4n) is 2.41. The van der Waals surface area contributed by atoms with Gasteiger partial charge in [-0.3, -0.25) is 0 Å². The number of benzene rings is 2. The van der Waals surface area contributed by atoms with Gasteiger partial charge in [0, 0.05) is 10.0 Å². The maximum Gasteiger partial charge on any atom is 0.129 e. The summed E-state index contributed by atoms with van der Waals surface area (Å²) in [4.78, 5) is 0. The summed E-state index contributed by atoms with van der Waals surface area (Å²) in [5.41, 5.74) is 2.25. The molecule has 1 unspecified atom stereocenters. The molecule has 112 valence electrons. The van der Waals surface area contributed by atoms with Crippen LogP contribution in [0.5, 0.6) is 0 Å². The van der Waals surface area contributed by atoms with E-state index in [0.29, 0.717) is 10.0 Å². The van der Waals surface area contributed by atoms with Gasteiger partial charge in [0.1, 0.15) is 11.6 Å². The smallest absolute Gasteiger partial charge is 0.129 e. The molecule has 2 aromatic rings. The molecule has 0 saturated carbocycles. The molecular formula is C17H18BrF2N. The highest BCUT2D eigenvalue weighted by atomic mass is 79.9. The second kappa shape index (κ2) is 7.14. The first kappa shape index (κ1) is 16.1. The van der Waals surface area contributed by atoms with Crippen molar-refractivity contribution in [3.63, 3.8) is 0 Å². The van der Waals surface area contributed by atoms with Crippen molar-refractivity contribution in [2.45, 2.75) is 26.3 Å². The molecule has 1 atom stereocenters. The zero-order valence-corrected chi connectivity index (χ0v) is 13.7. The number of aryl methyl sites for hydroxylation is 1. The van der Waals surface area contributed by atoms with E-state index in [2.05, 4.69) is 28.2 Å². The van der Waals surface area contributed by atoms with Crippen molar-refractivity contribution >= 4 is 15.9 Å². The summed E-state index contributed by atoms with van der Waals surface area (Å²) in [7, 11) is 0. The van der Waals surface area contributed by atoms with Crippen molar-refractivity contribution in [1.29, 1.82) is 0 Å². The highest BCUT2D eigenvalue weighted by Gasteiger charge is 2.21. The largest absolute Gasteiger partial charge is 0.306 e. The molecule has 0 bridgehead atoms. The Morgan fingerprint density at radius 3 is 2.57 bits per heavy atom. The van der Waals surface area contributed by atoms with Gasteiger partial charge in [0.25, 0.3) is 0 Å². The lowest BCUT2D eigenvalue weighted by Crippen LogP contribution is -2.25. The van der Waals surface area contributed by atoms with Crippen LogP contribution in [0.4, 0.5) is 8.78 Å². The van der Waals surface area contributed by atoms with Crippen LogP contribution in [-0.4, -0.2) is 6.54 Å². The van der Waals surface area contributed by atoms with E-state index in [1.807, 2.05) is 13.0 Å². The lowest BCUT2D eigenvalue weighted by atomic mass is 9.94.